The second kappa shape index (κ2) is 6.41. The van der Waals surface area contributed by atoms with Crippen molar-refractivity contribution in [1.29, 1.82) is 5.26 Å². The van der Waals surface area contributed by atoms with Crippen molar-refractivity contribution < 1.29 is 9.53 Å². The van der Waals surface area contributed by atoms with Gasteiger partial charge in [-0.3, -0.25) is 4.79 Å². The number of rotatable bonds is 3. The molecule has 0 fully saturated rings. The molecule has 23 heavy (non-hydrogen) atoms. The van der Waals surface area contributed by atoms with E-state index in [1.807, 2.05) is 36.4 Å². The van der Waals surface area contributed by atoms with Crippen LogP contribution in [0.1, 0.15) is 11.1 Å². The van der Waals surface area contributed by atoms with Gasteiger partial charge in [0.1, 0.15) is 5.75 Å². The van der Waals surface area contributed by atoms with Crippen molar-refractivity contribution in [3.8, 4) is 11.8 Å². The van der Waals surface area contributed by atoms with Gasteiger partial charge in [0.05, 0.1) is 23.9 Å². The van der Waals surface area contributed by atoms with Gasteiger partial charge in [-0.15, -0.1) is 0 Å². The van der Waals surface area contributed by atoms with Gasteiger partial charge < -0.3 is 15.0 Å². The Bertz CT molecular complexity index is 750. The zero-order valence-corrected chi connectivity index (χ0v) is 12.8. The number of nitrogens with zero attached hydrogens (tertiary/aromatic N) is 2. The number of ether oxygens (including phenoxy) is 1. The maximum Gasteiger partial charge on any atom is 0.262 e. The zero-order valence-electron chi connectivity index (χ0n) is 12.8. The number of likely N-dealkylation sites (N-methyl/N-ethyl adjacent to an activating group) is 1. The minimum absolute atomic E-state index is 0.135. The smallest absolute Gasteiger partial charge is 0.262 e. The molecule has 0 spiro atoms. The monoisotopic (exact) mass is 307 g/mol. The average molecular weight is 307 g/mol. The number of hydrogen-bond acceptors (Lipinski definition) is 4. The molecule has 1 amide bonds. The van der Waals surface area contributed by atoms with Crippen LogP contribution in [0, 0.1) is 11.3 Å². The first kappa shape index (κ1) is 14.9. The van der Waals surface area contributed by atoms with Gasteiger partial charge in [-0.25, -0.2) is 0 Å². The van der Waals surface area contributed by atoms with Gasteiger partial charge in [-0.2, -0.15) is 5.26 Å². The third-order valence-electron chi connectivity index (χ3n) is 3.86. The molecule has 0 radical (unpaired) electrons. The number of benzene rings is 2. The Morgan fingerprint density at radius 2 is 2.04 bits per heavy atom. The Morgan fingerprint density at radius 1 is 1.30 bits per heavy atom. The topological polar surface area (TPSA) is 65.4 Å². The van der Waals surface area contributed by atoms with Crippen LogP contribution in [0.25, 0.3) is 0 Å². The van der Waals surface area contributed by atoms with Gasteiger partial charge in [0.25, 0.3) is 5.91 Å². The standard InChI is InChI=1S/C18H17N3O2/c1-20-18(22)17-12-21(15-4-2-3-5-16(15)23-17)11-14-8-6-13(10-19)7-9-14/h2-9,17H,11-12H2,1H3,(H,20,22). The average Bonchev–Trinajstić information content (AvgIpc) is 2.61. The maximum absolute atomic E-state index is 12.0. The zero-order chi connectivity index (χ0) is 16.2. The molecule has 3 rings (SSSR count). The molecule has 116 valence electrons. The van der Waals surface area contributed by atoms with Crippen molar-refractivity contribution in [2.75, 3.05) is 18.5 Å². The Kier molecular flexibility index (Phi) is 4.15. The van der Waals surface area contributed by atoms with Crippen LogP contribution in [0.4, 0.5) is 5.69 Å². The van der Waals surface area contributed by atoms with E-state index in [0.29, 0.717) is 24.4 Å². The number of nitrogens with one attached hydrogen (secondary N) is 1. The second-order valence-electron chi connectivity index (χ2n) is 5.38. The molecule has 0 saturated heterocycles. The quantitative estimate of drug-likeness (QED) is 0.943. The number of carbonyl (C=O) groups excluding carboxylic acids is 1. The highest BCUT2D eigenvalue weighted by atomic mass is 16.5. The molecule has 1 heterocycles. The van der Waals surface area contributed by atoms with E-state index in [1.165, 1.54) is 0 Å². The molecule has 1 unspecified atom stereocenters. The Hall–Kier alpha value is -3.00. The van der Waals surface area contributed by atoms with Gasteiger partial charge in [0.15, 0.2) is 6.10 Å². The molecule has 1 atom stereocenters. The van der Waals surface area contributed by atoms with Crippen molar-refractivity contribution >= 4 is 11.6 Å². The van der Waals surface area contributed by atoms with Crippen LogP contribution in [0.3, 0.4) is 0 Å². The first-order valence-electron chi connectivity index (χ1n) is 7.42. The highest BCUT2D eigenvalue weighted by molar-refractivity contribution is 5.83. The van der Waals surface area contributed by atoms with Crippen LogP contribution in [0.15, 0.2) is 48.5 Å². The summed E-state index contributed by atoms with van der Waals surface area (Å²) in [4.78, 5) is 14.1. The molecule has 1 aliphatic rings. The second-order valence-corrected chi connectivity index (χ2v) is 5.38. The minimum atomic E-state index is -0.534. The first-order chi connectivity index (χ1) is 11.2. The number of hydrogen-bond donors (Lipinski definition) is 1. The maximum atomic E-state index is 12.0. The van der Waals surface area contributed by atoms with E-state index < -0.39 is 6.10 Å². The Labute approximate surface area is 135 Å². The van der Waals surface area contributed by atoms with Gasteiger partial charge in [0.2, 0.25) is 0 Å². The van der Waals surface area contributed by atoms with Crippen molar-refractivity contribution in [3.63, 3.8) is 0 Å². The summed E-state index contributed by atoms with van der Waals surface area (Å²) in [5.74, 6) is 0.574. The van der Waals surface area contributed by atoms with Gasteiger partial charge in [-0.05, 0) is 29.8 Å². The number of anilines is 1. The fraction of sp³-hybridized carbons (Fsp3) is 0.222. The Morgan fingerprint density at radius 3 is 2.74 bits per heavy atom. The molecule has 0 aromatic heterocycles. The fourth-order valence-electron chi connectivity index (χ4n) is 2.66. The van der Waals surface area contributed by atoms with Gasteiger partial charge in [-0.1, -0.05) is 24.3 Å². The number of para-hydroxylation sites is 2. The SMILES string of the molecule is CNC(=O)C1CN(Cc2ccc(C#N)cc2)c2ccccc2O1. The molecule has 0 saturated carbocycles. The number of carbonyl (C=O) groups is 1. The van der Waals surface area contributed by atoms with E-state index in [-0.39, 0.29) is 5.91 Å². The van der Waals surface area contributed by atoms with Crippen molar-refractivity contribution in [1.82, 2.24) is 5.32 Å². The van der Waals surface area contributed by atoms with E-state index in [9.17, 15) is 4.79 Å². The fourth-order valence-corrected chi connectivity index (χ4v) is 2.66. The summed E-state index contributed by atoms with van der Waals surface area (Å²) in [6, 6.07) is 17.3. The lowest BCUT2D eigenvalue weighted by atomic mass is 10.1. The van der Waals surface area contributed by atoms with Gasteiger partial charge in [0, 0.05) is 13.6 Å². The van der Waals surface area contributed by atoms with E-state index in [2.05, 4.69) is 16.3 Å². The lowest BCUT2D eigenvalue weighted by molar-refractivity contribution is -0.127. The molecule has 5 nitrogen and oxygen atoms in total. The van der Waals surface area contributed by atoms with Crippen LogP contribution in [0.5, 0.6) is 5.75 Å². The summed E-state index contributed by atoms with van der Waals surface area (Å²) in [6.45, 7) is 1.14. The van der Waals surface area contributed by atoms with Crippen LogP contribution < -0.4 is 15.0 Å². The summed E-state index contributed by atoms with van der Waals surface area (Å²) in [5.41, 5.74) is 2.69. The number of fused-ring (bicyclic) bond motifs is 1. The lowest BCUT2D eigenvalue weighted by Gasteiger charge is -2.35. The van der Waals surface area contributed by atoms with Crippen LogP contribution in [-0.4, -0.2) is 25.6 Å². The molecule has 0 bridgehead atoms. The lowest BCUT2D eigenvalue weighted by Crippen LogP contribution is -2.47. The highest BCUT2D eigenvalue weighted by Gasteiger charge is 2.29. The van der Waals surface area contributed by atoms with Gasteiger partial charge >= 0.3 is 0 Å². The van der Waals surface area contributed by atoms with Crippen LogP contribution >= 0.6 is 0 Å². The van der Waals surface area contributed by atoms with E-state index in [0.717, 1.165) is 11.3 Å². The molecule has 5 heteroatoms. The molecular weight excluding hydrogens is 290 g/mol. The van der Waals surface area contributed by atoms with Crippen LogP contribution in [-0.2, 0) is 11.3 Å². The van der Waals surface area contributed by atoms with Crippen LogP contribution in [0.2, 0.25) is 0 Å². The molecule has 2 aromatic rings. The number of amides is 1. The molecule has 0 aliphatic carbocycles. The van der Waals surface area contributed by atoms with Crippen molar-refractivity contribution in [2.45, 2.75) is 12.6 Å². The largest absolute Gasteiger partial charge is 0.477 e. The van der Waals surface area contributed by atoms with E-state index >= 15 is 0 Å². The highest BCUT2D eigenvalue weighted by Crippen LogP contribution is 2.34. The first-order valence-corrected chi connectivity index (χ1v) is 7.42. The predicted molar refractivity (Wildman–Crippen MR) is 87.1 cm³/mol. The normalized spacial score (nSPS) is 16.0. The van der Waals surface area contributed by atoms with E-state index in [4.69, 9.17) is 10.00 Å². The summed E-state index contributed by atoms with van der Waals surface area (Å²) in [5, 5.41) is 11.5. The Balaban J connectivity index is 1.87. The molecule has 1 N–H and O–H groups in total. The third-order valence-corrected chi connectivity index (χ3v) is 3.86. The predicted octanol–water partition coefficient (Wildman–Crippen LogP) is 2.07. The summed E-state index contributed by atoms with van der Waals surface area (Å²) >= 11 is 0. The third kappa shape index (κ3) is 3.11. The van der Waals surface area contributed by atoms with E-state index in [1.54, 1.807) is 19.2 Å². The number of nitriles is 1. The molecular formula is C18H17N3O2. The summed E-state index contributed by atoms with van der Waals surface area (Å²) in [6.07, 6.45) is -0.534. The molecule has 1 aliphatic heterocycles. The van der Waals surface area contributed by atoms with Crippen molar-refractivity contribution in [2.24, 2.45) is 0 Å². The summed E-state index contributed by atoms with van der Waals surface area (Å²) in [7, 11) is 1.61. The minimum Gasteiger partial charge on any atom is -0.477 e. The van der Waals surface area contributed by atoms with Crippen molar-refractivity contribution in [3.05, 3.63) is 59.7 Å². The summed E-state index contributed by atoms with van der Waals surface area (Å²) < 4.78 is 5.79. The molecule has 2 aromatic carbocycles.